The molecule has 0 aliphatic heterocycles. The zero-order valence-electron chi connectivity index (χ0n) is 12.3. The molecule has 0 aromatic carbocycles. The molecule has 1 fully saturated rings. The SMILES string of the molecule is CNC(Cc1ccn(C2CCCC2)n1)c1cncc(F)c1. The lowest BCUT2D eigenvalue weighted by Crippen LogP contribution is -2.19. The lowest BCUT2D eigenvalue weighted by atomic mass is 10.0. The number of pyridine rings is 1. The second-order valence-electron chi connectivity index (χ2n) is 5.71. The summed E-state index contributed by atoms with van der Waals surface area (Å²) >= 11 is 0. The lowest BCUT2D eigenvalue weighted by molar-refractivity contribution is 0.458. The fraction of sp³-hybridized carbons (Fsp3) is 0.500. The molecular formula is C16H21FN4. The van der Waals surface area contributed by atoms with Gasteiger partial charge in [-0.15, -0.1) is 0 Å². The molecule has 21 heavy (non-hydrogen) atoms. The van der Waals surface area contributed by atoms with Crippen LogP contribution in [0.4, 0.5) is 4.39 Å². The van der Waals surface area contributed by atoms with Crippen molar-refractivity contribution in [3.63, 3.8) is 0 Å². The van der Waals surface area contributed by atoms with Crippen molar-refractivity contribution >= 4 is 0 Å². The molecule has 2 heterocycles. The van der Waals surface area contributed by atoms with E-state index in [9.17, 15) is 4.39 Å². The predicted octanol–water partition coefficient (Wildman–Crippen LogP) is 3.04. The second kappa shape index (κ2) is 6.35. The lowest BCUT2D eigenvalue weighted by Gasteiger charge is -2.15. The summed E-state index contributed by atoms with van der Waals surface area (Å²) in [7, 11) is 1.88. The van der Waals surface area contributed by atoms with Gasteiger partial charge in [0.2, 0.25) is 0 Å². The monoisotopic (exact) mass is 288 g/mol. The first-order chi connectivity index (χ1) is 10.3. The number of rotatable bonds is 5. The smallest absolute Gasteiger partial charge is 0.141 e. The highest BCUT2D eigenvalue weighted by Gasteiger charge is 2.19. The predicted molar refractivity (Wildman–Crippen MR) is 79.4 cm³/mol. The highest BCUT2D eigenvalue weighted by molar-refractivity contribution is 5.18. The number of aromatic nitrogens is 3. The van der Waals surface area contributed by atoms with Crippen LogP contribution in [0.15, 0.2) is 30.7 Å². The van der Waals surface area contributed by atoms with Gasteiger partial charge in [0.05, 0.1) is 17.9 Å². The molecule has 112 valence electrons. The third-order valence-electron chi connectivity index (χ3n) is 4.25. The number of hydrogen-bond acceptors (Lipinski definition) is 3. The summed E-state index contributed by atoms with van der Waals surface area (Å²) in [6, 6.07) is 4.18. The maximum Gasteiger partial charge on any atom is 0.141 e. The zero-order valence-corrected chi connectivity index (χ0v) is 12.3. The third-order valence-corrected chi connectivity index (χ3v) is 4.25. The number of hydrogen-bond donors (Lipinski definition) is 1. The van der Waals surface area contributed by atoms with Crippen LogP contribution in [0.3, 0.4) is 0 Å². The van der Waals surface area contributed by atoms with Gasteiger partial charge in [0.15, 0.2) is 0 Å². The summed E-state index contributed by atoms with van der Waals surface area (Å²) in [5.74, 6) is -0.302. The van der Waals surface area contributed by atoms with E-state index in [0.29, 0.717) is 6.04 Å². The molecule has 1 atom stereocenters. The molecule has 1 aliphatic carbocycles. The Labute approximate surface area is 124 Å². The van der Waals surface area contributed by atoms with Gasteiger partial charge in [-0.2, -0.15) is 5.10 Å². The van der Waals surface area contributed by atoms with Gasteiger partial charge in [-0.1, -0.05) is 12.8 Å². The zero-order chi connectivity index (χ0) is 14.7. The van der Waals surface area contributed by atoms with Gasteiger partial charge >= 0.3 is 0 Å². The molecule has 0 saturated heterocycles. The van der Waals surface area contributed by atoms with E-state index in [0.717, 1.165) is 17.7 Å². The first kappa shape index (κ1) is 14.2. The minimum absolute atomic E-state index is 0.0279. The second-order valence-corrected chi connectivity index (χ2v) is 5.71. The van der Waals surface area contributed by atoms with E-state index >= 15 is 0 Å². The summed E-state index contributed by atoms with van der Waals surface area (Å²) in [5, 5.41) is 7.91. The maximum atomic E-state index is 13.3. The van der Waals surface area contributed by atoms with Crippen molar-refractivity contribution in [2.24, 2.45) is 0 Å². The molecule has 1 N–H and O–H groups in total. The van der Waals surface area contributed by atoms with Gasteiger partial charge in [0, 0.05) is 24.9 Å². The topological polar surface area (TPSA) is 42.7 Å². The summed E-state index contributed by atoms with van der Waals surface area (Å²) in [6.07, 6.45) is 10.8. The van der Waals surface area contributed by atoms with Gasteiger partial charge in [0.1, 0.15) is 5.82 Å². The molecule has 5 heteroatoms. The molecule has 3 rings (SSSR count). The number of likely N-dealkylation sites (N-methyl/N-ethyl adjacent to an activating group) is 1. The number of nitrogens with one attached hydrogen (secondary N) is 1. The largest absolute Gasteiger partial charge is 0.313 e. The van der Waals surface area contributed by atoms with Gasteiger partial charge in [-0.05, 0) is 37.6 Å². The average molecular weight is 288 g/mol. The van der Waals surface area contributed by atoms with E-state index in [-0.39, 0.29) is 11.9 Å². The van der Waals surface area contributed by atoms with Crippen LogP contribution in [0.25, 0.3) is 0 Å². The minimum atomic E-state index is -0.302. The highest BCUT2D eigenvalue weighted by atomic mass is 19.1. The van der Waals surface area contributed by atoms with Crippen molar-refractivity contribution in [1.29, 1.82) is 0 Å². The van der Waals surface area contributed by atoms with Crippen LogP contribution in [0, 0.1) is 5.82 Å². The van der Waals surface area contributed by atoms with Gasteiger partial charge in [-0.3, -0.25) is 9.67 Å². The van der Waals surface area contributed by atoms with Crippen molar-refractivity contribution in [2.75, 3.05) is 7.05 Å². The van der Waals surface area contributed by atoms with Gasteiger partial charge < -0.3 is 5.32 Å². The Morgan fingerprint density at radius 1 is 1.38 bits per heavy atom. The van der Waals surface area contributed by atoms with Crippen molar-refractivity contribution in [2.45, 2.75) is 44.2 Å². The molecule has 1 saturated carbocycles. The van der Waals surface area contributed by atoms with E-state index in [4.69, 9.17) is 5.10 Å². The first-order valence-corrected chi connectivity index (χ1v) is 7.58. The van der Waals surface area contributed by atoms with E-state index in [1.165, 1.54) is 37.9 Å². The van der Waals surface area contributed by atoms with E-state index < -0.39 is 0 Å². The van der Waals surface area contributed by atoms with Crippen LogP contribution in [0.1, 0.15) is 49.0 Å². The van der Waals surface area contributed by atoms with E-state index in [1.54, 1.807) is 6.20 Å². The minimum Gasteiger partial charge on any atom is -0.313 e. The Hall–Kier alpha value is -1.75. The summed E-state index contributed by atoms with van der Waals surface area (Å²) in [4.78, 5) is 3.92. The number of halogens is 1. The normalized spacial score (nSPS) is 17.2. The quantitative estimate of drug-likeness (QED) is 0.919. The first-order valence-electron chi connectivity index (χ1n) is 7.58. The van der Waals surface area contributed by atoms with Crippen LogP contribution in [0.5, 0.6) is 0 Å². The standard InChI is InChI=1S/C16H21FN4/c1-18-16(12-8-13(17)11-19-10-12)9-14-6-7-21(20-14)15-4-2-3-5-15/h6-8,10-11,15-16,18H,2-5,9H2,1H3. The van der Waals surface area contributed by atoms with Gasteiger partial charge in [0.25, 0.3) is 0 Å². The van der Waals surface area contributed by atoms with Crippen LogP contribution in [0.2, 0.25) is 0 Å². The fourth-order valence-corrected chi connectivity index (χ4v) is 3.07. The number of nitrogens with zero attached hydrogens (tertiary/aromatic N) is 3. The Morgan fingerprint density at radius 3 is 2.90 bits per heavy atom. The highest BCUT2D eigenvalue weighted by Crippen LogP contribution is 2.29. The Bertz CT molecular complexity index is 589. The van der Waals surface area contributed by atoms with Crippen LogP contribution in [-0.2, 0) is 6.42 Å². The molecular weight excluding hydrogens is 267 g/mol. The maximum absolute atomic E-state index is 13.3. The van der Waals surface area contributed by atoms with Crippen molar-refractivity contribution in [3.05, 3.63) is 47.8 Å². The van der Waals surface area contributed by atoms with Gasteiger partial charge in [-0.25, -0.2) is 4.39 Å². The molecule has 0 bridgehead atoms. The summed E-state index contributed by atoms with van der Waals surface area (Å²) < 4.78 is 15.4. The third kappa shape index (κ3) is 3.29. The van der Waals surface area contributed by atoms with E-state index in [1.807, 2.05) is 7.05 Å². The summed E-state index contributed by atoms with van der Waals surface area (Å²) in [6.45, 7) is 0. The molecule has 2 aromatic rings. The van der Waals surface area contributed by atoms with Crippen LogP contribution >= 0.6 is 0 Å². The molecule has 0 amide bonds. The molecule has 2 aromatic heterocycles. The van der Waals surface area contributed by atoms with Crippen molar-refractivity contribution in [3.8, 4) is 0 Å². The average Bonchev–Trinajstić information content (AvgIpc) is 3.15. The van der Waals surface area contributed by atoms with E-state index in [2.05, 4.69) is 27.2 Å². The molecule has 1 aliphatic rings. The summed E-state index contributed by atoms with van der Waals surface area (Å²) in [5.41, 5.74) is 1.89. The van der Waals surface area contributed by atoms with Crippen LogP contribution in [-0.4, -0.2) is 21.8 Å². The fourth-order valence-electron chi connectivity index (χ4n) is 3.07. The van der Waals surface area contributed by atoms with Crippen molar-refractivity contribution in [1.82, 2.24) is 20.1 Å². The molecule has 4 nitrogen and oxygen atoms in total. The van der Waals surface area contributed by atoms with Crippen LogP contribution < -0.4 is 5.32 Å². The van der Waals surface area contributed by atoms with Crippen molar-refractivity contribution < 1.29 is 4.39 Å². The molecule has 0 radical (unpaired) electrons. The molecule has 1 unspecified atom stereocenters. The Kier molecular flexibility index (Phi) is 4.29. The Balaban J connectivity index is 1.72. The molecule has 0 spiro atoms. The Morgan fingerprint density at radius 2 is 2.19 bits per heavy atom.